The zero-order valence-electron chi connectivity index (χ0n) is 36.2. The minimum absolute atomic E-state index is 0.0430. The second kappa shape index (κ2) is 19.7. The molecule has 7 atom stereocenters. The number of morpholine rings is 1. The predicted octanol–water partition coefficient (Wildman–Crippen LogP) is 1.88. The van der Waals surface area contributed by atoms with Gasteiger partial charge in [0.1, 0.15) is 23.6 Å². The van der Waals surface area contributed by atoms with Crippen LogP contribution in [-0.2, 0) is 57.1 Å². The largest absolute Gasteiger partial charge is 0.467 e. The molecule has 3 saturated heterocycles. The molecule has 4 rings (SSSR count). The van der Waals surface area contributed by atoms with E-state index in [0.29, 0.717) is 56.1 Å². The zero-order valence-corrected chi connectivity index (χ0v) is 36.2. The summed E-state index contributed by atoms with van der Waals surface area (Å²) >= 11 is 0. The third kappa shape index (κ3) is 11.9. The maximum atomic E-state index is 14.0. The first-order valence-corrected chi connectivity index (χ1v) is 19.9. The molecule has 19 heteroatoms. The van der Waals surface area contributed by atoms with E-state index in [0.717, 1.165) is 13.8 Å². The lowest BCUT2D eigenvalue weighted by molar-refractivity contribution is -0.239. The highest BCUT2D eigenvalue weighted by Gasteiger charge is 2.57. The Morgan fingerprint density at radius 3 is 2.17 bits per heavy atom. The Morgan fingerprint density at radius 1 is 0.950 bits per heavy atom. The minimum atomic E-state index is -1.86. The maximum absolute atomic E-state index is 14.0. The summed E-state index contributed by atoms with van der Waals surface area (Å²) in [6.07, 6.45) is -5.87. The SMILES string of the molecule is COC(=O)[C@@]1(CCN2CCOC[C@@]23CCN(C(=O)OC(C)(C)C)C3)C[C@H](OC(C)=O)[C@@H](N)[C@H]([C@H](OC(C)=O)[C@@H](CNC(=O)c2cc(C)c(OC(C)=O)c(C)c2)OC(C)=O)O1. The highest BCUT2D eigenvalue weighted by atomic mass is 16.6. The third-order valence-electron chi connectivity index (χ3n) is 10.6. The van der Waals surface area contributed by atoms with Crippen LogP contribution in [0.1, 0.15) is 89.2 Å². The van der Waals surface area contributed by atoms with Crippen molar-refractivity contribution in [3.8, 4) is 5.75 Å². The molecule has 19 nitrogen and oxygen atoms in total. The van der Waals surface area contributed by atoms with E-state index < -0.39 is 95.6 Å². The molecule has 0 saturated carbocycles. The van der Waals surface area contributed by atoms with Gasteiger partial charge in [0.15, 0.2) is 17.8 Å². The van der Waals surface area contributed by atoms with Crippen LogP contribution < -0.4 is 15.8 Å². The minimum Gasteiger partial charge on any atom is -0.467 e. The van der Waals surface area contributed by atoms with Crippen molar-refractivity contribution in [2.75, 3.05) is 53.0 Å². The summed E-state index contributed by atoms with van der Waals surface area (Å²) in [6.45, 7) is 15.0. The molecular formula is C41H60N4O15. The van der Waals surface area contributed by atoms with Crippen molar-refractivity contribution in [1.82, 2.24) is 15.1 Å². The number of nitrogens with one attached hydrogen (secondary N) is 1. The number of carbonyl (C=O) groups excluding carboxylic acids is 7. The topological polar surface area (TPSA) is 238 Å². The average Bonchev–Trinajstić information content (AvgIpc) is 3.57. The number of aryl methyl sites for hydroxylation is 2. The number of ether oxygens (including phenoxy) is 8. The van der Waals surface area contributed by atoms with Crippen molar-refractivity contribution < 1.29 is 71.5 Å². The molecular weight excluding hydrogens is 788 g/mol. The maximum Gasteiger partial charge on any atom is 0.410 e. The summed E-state index contributed by atoms with van der Waals surface area (Å²) in [4.78, 5) is 93.8. The van der Waals surface area contributed by atoms with Crippen LogP contribution in [0, 0.1) is 13.8 Å². The molecule has 3 aliphatic rings. The van der Waals surface area contributed by atoms with Crippen LogP contribution in [0.4, 0.5) is 4.79 Å². The van der Waals surface area contributed by atoms with E-state index in [9.17, 15) is 33.6 Å². The molecule has 3 fully saturated rings. The van der Waals surface area contributed by atoms with Crippen LogP contribution in [0.5, 0.6) is 5.75 Å². The van der Waals surface area contributed by atoms with Gasteiger partial charge in [0.25, 0.3) is 5.91 Å². The second-order valence-electron chi connectivity index (χ2n) is 16.6. The summed E-state index contributed by atoms with van der Waals surface area (Å²) in [6, 6.07) is 1.77. The van der Waals surface area contributed by atoms with Crippen LogP contribution in [0.15, 0.2) is 12.1 Å². The van der Waals surface area contributed by atoms with Crippen LogP contribution in [-0.4, -0.2) is 152 Å². The van der Waals surface area contributed by atoms with Gasteiger partial charge in [0, 0.05) is 72.3 Å². The van der Waals surface area contributed by atoms with Crippen LogP contribution in [0.3, 0.4) is 0 Å². The molecule has 1 aromatic carbocycles. The van der Waals surface area contributed by atoms with Crippen molar-refractivity contribution in [2.45, 2.75) is 129 Å². The van der Waals surface area contributed by atoms with Crippen LogP contribution in [0.25, 0.3) is 0 Å². The van der Waals surface area contributed by atoms with E-state index in [1.54, 1.807) is 39.5 Å². The predicted molar refractivity (Wildman–Crippen MR) is 211 cm³/mol. The molecule has 3 aliphatic heterocycles. The van der Waals surface area contributed by atoms with Gasteiger partial charge in [-0.05, 0) is 64.3 Å². The lowest BCUT2D eigenvalue weighted by Crippen LogP contribution is -2.68. The molecule has 0 aliphatic carbocycles. The molecule has 334 valence electrons. The Balaban J connectivity index is 1.68. The molecule has 3 heterocycles. The van der Waals surface area contributed by atoms with E-state index in [4.69, 9.17) is 43.6 Å². The first-order chi connectivity index (χ1) is 28.0. The van der Waals surface area contributed by atoms with Crippen molar-refractivity contribution in [2.24, 2.45) is 5.73 Å². The number of methoxy groups -OCH3 is 1. The first kappa shape index (κ1) is 47.8. The van der Waals surface area contributed by atoms with Gasteiger partial charge in [-0.1, -0.05) is 0 Å². The highest BCUT2D eigenvalue weighted by Crippen LogP contribution is 2.39. The monoisotopic (exact) mass is 848 g/mol. The van der Waals surface area contributed by atoms with Gasteiger partial charge in [0.05, 0.1) is 38.4 Å². The number of nitrogens with two attached hydrogens (primary N) is 1. The summed E-state index contributed by atoms with van der Waals surface area (Å²) in [5.74, 6) is -4.02. The number of hydrogen-bond acceptors (Lipinski definition) is 17. The fourth-order valence-corrected chi connectivity index (χ4v) is 8.07. The van der Waals surface area contributed by atoms with Crippen molar-refractivity contribution in [3.05, 3.63) is 28.8 Å². The molecule has 0 unspecified atom stereocenters. The summed E-state index contributed by atoms with van der Waals surface area (Å²) in [5, 5.41) is 2.70. The van der Waals surface area contributed by atoms with Gasteiger partial charge in [0.2, 0.25) is 0 Å². The van der Waals surface area contributed by atoms with Gasteiger partial charge in [-0.15, -0.1) is 0 Å². The van der Waals surface area contributed by atoms with E-state index in [1.165, 1.54) is 33.1 Å². The normalized spacial score (nSPS) is 25.4. The Bertz CT molecular complexity index is 1780. The van der Waals surface area contributed by atoms with Crippen LogP contribution >= 0.6 is 0 Å². The summed E-state index contributed by atoms with van der Waals surface area (Å²) in [5.41, 5.74) is 4.78. The van der Waals surface area contributed by atoms with E-state index >= 15 is 0 Å². The number of benzene rings is 1. The van der Waals surface area contributed by atoms with Gasteiger partial charge < -0.3 is 53.8 Å². The standard InChI is InChI=1S/C41H60N4O15/c1-23-17-29(18-24(2)33(23)57-27(5)48)36(50)43-20-31(56-26(4)47)34(58-28(6)49)35-32(42)30(55-25(3)46)19-41(59-35,37(51)53-10)12-14-45-15-16-54-22-40(45)11-13-44(21-40)38(52)60-39(7,8)9/h17-18,30-32,34-35H,11-16,19-22,42H2,1-10H3,(H,43,50)/t30-,31+,32+,34+,35+,40-,41+/m0/s1. The second-order valence-corrected chi connectivity index (χ2v) is 16.6. The number of esters is 5. The number of hydrogen-bond donors (Lipinski definition) is 2. The summed E-state index contributed by atoms with van der Waals surface area (Å²) < 4.78 is 45.9. The lowest BCUT2D eigenvalue weighted by Gasteiger charge is -2.50. The Hall–Kier alpha value is -4.85. The quantitative estimate of drug-likeness (QED) is 0.164. The third-order valence-corrected chi connectivity index (χ3v) is 10.6. The van der Waals surface area contributed by atoms with Crippen molar-refractivity contribution >= 4 is 41.8 Å². The smallest absolute Gasteiger partial charge is 0.410 e. The summed E-state index contributed by atoms with van der Waals surface area (Å²) in [7, 11) is 1.17. The van der Waals surface area contributed by atoms with Crippen LogP contribution in [0.2, 0.25) is 0 Å². The van der Waals surface area contributed by atoms with E-state index in [-0.39, 0.29) is 24.9 Å². The van der Waals surface area contributed by atoms with Crippen molar-refractivity contribution in [3.63, 3.8) is 0 Å². The molecule has 60 heavy (non-hydrogen) atoms. The van der Waals surface area contributed by atoms with E-state index in [2.05, 4.69) is 10.2 Å². The van der Waals surface area contributed by atoms with Gasteiger partial charge in [-0.25, -0.2) is 9.59 Å². The highest BCUT2D eigenvalue weighted by molar-refractivity contribution is 5.95. The molecule has 0 bridgehead atoms. The zero-order chi connectivity index (χ0) is 44.7. The molecule has 2 amide bonds. The molecule has 3 N–H and O–H groups in total. The van der Waals surface area contributed by atoms with Crippen molar-refractivity contribution in [1.29, 1.82) is 0 Å². The molecule has 0 radical (unpaired) electrons. The average molecular weight is 849 g/mol. The molecule has 0 aromatic heterocycles. The Kier molecular flexibility index (Phi) is 15.7. The van der Waals surface area contributed by atoms with E-state index in [1.807, 2.05) is 0 Å². The Morgan fingerprint density at radius 2 is 1.60 bits per heavy atom. The Labute approximate surface area is 350 Å². The molecule has 1 spiro atoms. The fourth-order valence-electron chi connectivity index (χ4n) is 8.07. The number of carbonyl (C=O) groups is 7. The molecule has 1 aromatic rings. The number of rotatable bonds is 13. The fraction of sp³-hybridized carbons (Fsp3) is 0.683. The number of nitrogens with zero attached hydrogens (tertiary/aromatic N) is 2. The van der Waals surface area contributed by atoms with Gasteiger partial charge in [-0.3, -0.25) is 28.9 Å². The number of amides is 2. The van der Waals surface area contributed by atoms with Gasteiger partial charge >= 0.3 is 35.9 Å². The number of likely N-dealkylation sites (tertiary alicyclic amines) is 1. The van der Waals surface area contributed by atoms with Gasteiger partial charge in [-0.2, -0.15) is 0 Å². The lowest BCUT2D eigenvalue weighted by atomic mass is 9.81. The first-order valence-electron chi connectivity index (χ1n) is 19.9.